The van der Waals surface area contributed by atoms with Gasteiger partial charge in [-0.3, -0.25) is 9.69 Å². The summed E-state index contributed by atoms with van der Waals surface area (Å²) in [5.41, 5.74) is -0.121. The first-order chi connectivity index (χ1) is 9.16. The van der Waals surface area contributed by atoms with Gasteiger partial charge in [-0.15, -0.1) is 0 Å². The zero-order chi connectivity index (χ0) is 13.3. The molecule has 1 atom stereocenters. The first-order valence-electron chi connectivity index (χ1n) is 7.53. The molecule has 3 saturated heterocycles. The van der Waals surface area contributed by atoms with E-state index in [0.717, 1.165) is 32.6 Å². The lowest BCUT2D eigenvalue weighted by atomic mass is 10.0. The second-order valence-corrected chi connectivity index (χ2v) is 6.37. The van der Waals surface area contributed by atoms with Gasteiger partial charge < -0.3 is 15.0 Å². The maximum absolute atomic E-state index is 12.2. The largest absolute Gasteiger partial charge is 0.363 e. The number of ether oxygens (including phenoxy) is 1. The van der Waals surface area contributed by atoms with Gasteiger partial charge in [0.2, 0.25) is 5.91 Å². The quantitative estimate of drug-likeness (QED) is 0.782. The highest BCUT2D eigenvalue weighted by Gasteiger charge is 2.35. The molecule has 1 N–H and O–H groups in total. The van der Waals surface area contributed by atoms with Crippen molar-refractivity contribution in [2.45, 2.75) is 37.8 Å². The van der Waals surface area contributed by atoms with Gasteiger partial charge in [-0.1, -0.05) is 0 Å². The third-order valence-electron chi connectivity index (χ3n) is 4.72. The summed E-state index contributed by atoms with van der Waals surface area (Å²) in [6.07, 6.45) is 3.77. The molecule has 3 fully saturated rings. The van der Waals surface area contributed by atoms with E-state index in [2.05, 4.69) is 17.1 Å². The molecular formula is C14H25N3O2. The van der Waals surface area contributed by atoms with Crippen molar-refractivity contribution in [2.75, 3.05) is 45.9 Å². The third-order valence-corrected chi connectivity index (χ3v) is 4.72. The van der Waals surface area contributed by atoms with Crippen molar-refractivity contribution in [1.82, 2.24) is 15.1 Å². The summed E-state index contributed by atoms with van der Waals surface area (Å²) < 4.78 is 5.73. The van der Waals surface area contributed by atoms with Crippen molar-refractivity contribution in [3.8, 4) is 0 Å². The Balaban J connectivity index is 1.43. The summed E-state index contributed by atoms with van der Waals surface area (Å²) in [5, 5.41) is 3.18. The lowest BCUT2D eigenvalue weighted by Gasteiger charge is -2.39. The highest BCUT2D eigenvalue weighted by Crippen LogP contribution is 2.21. The molecule has 0 saturated carbocycles. The van der Waals surface area contributed by atoms with Gasteiger partial charge in [-0.2, -0.15) is 0 Å². The van der Waals surface area contributed by atoms with Gasteiger partial charge in [0.1, 0.15) is 6.61 Å². The van der Waals surface area contributed by atoms with Crippen molar-refractivity contribution >= 4 is 5.91 Å². The highest BCUT2D eigenvalue weighted by molar-refractivity contribution is 5.77. The van der Waals surface area contributed by atoms with Crippen LogP contribution >= 0.6 is 0 Å². The molecule has 3 rings (SSSR count). The molecule has 0 bridgehead atoms. The van der Waals surface area contributed by atoms with Gasteiger partial charge in [0.15, 0.2) is 0 Å². The molecule has 0 aromatic carbocycles. The van der Waals surface area contributed by atoms with Crippen LogP contribution in [0.15, 0.2) is 0 Å². The fraction of sp³-hybridized carbons (Fsp3) is 0.929. The van der Waals surface area contributed by atoms with Crippen molar-refractivity contribution in [1.29, 1.82) is 0 Å². The summed E-state index contributed by atoms with van der Waals surface area (Å²) in [6.45, 7) is 8.25. The van der Waals surface area contributed by atoms with Gasteiger partial charge in [0.25, 0.3) is 0 Å². The van der Waals surface area contributed by atoms with Crippen LogP contribution < -0.4 is 5.32 Å². The Labute approximate surface area is 115 Å². The van der Waals surface area contributed by atoms with E-state index in [1.165, 1.54) is 25.9 Å². The maximum Gasteiger partial charge on any atom is 0.248 e. The molecular weight excluding hydrogens is 242 g/mol. The monoisotopic (exact) mass is 267 g/mol. The van der Waals surface area contributed by atoms with Gasteiger partial charge in [0.05, 0.1) is 5.60 Å². The predicted molar refractivity (Wildman–Crippen MR) is 73.0 cm³/mol. The van der Waals surface area contributed by atoms with E-state index >= 15 is 0 Å². The van der Waals surface area contributed by atoms with Crippen LogP contribution in [0.25, 0.3) is 0 Å². The van der Waals surface area contributed by atoms with E-state index in [9.17, 15) is 4.79 Å². The van der Waals surface area contributed by atoms with E-state index in [0.29, 0.717) is 6.04 Å². The molecule has 1 amide bonds. The molecule has 1 unspecified atom stereocenters. The van der Waals surface area contributed by atoms with Crippen LogP contribution in [0.2, 0.25) is 0 Å². The van der Waals surface area contributed by atoms with Gasteiger partial charge in [0, 0.05) is 32.2 Å². The molecule has 3 heterocycles. The number of carbonyl (C=O) groups excluding carboxylic acids is 1. The first kappa shape index (κ1) is 13.3. The molecule has 108 valence electrons. The Morgan fingerprint density at radius 3 is 2.68 bits per heavy atom. The lowest BCUT2D eigenvalue weighted by Crippen LogP contribution is -2.59. The summed E-state index contributed by atoms with van der Waals surface area (Å²) >= 11 is 0. The topological polar surface area (TPSA) is 44.8 Å². The number of carbonyl (C=O) groups is 1. The van der Waals surface area contributed by atoms with Crippen molar-refractivity contribution < 1.29 is 9.53 Å². The summed E-state index contributed by atoms with van der Waals surface area (Å²) in [7, 11) is 0. The van der Waals surface area contributed by atoms with Gasteiger partial charge in [-0.05, 0) is 39.3 Å². The van der Waals surface area contributed by atoms with E-state index < -0.39 is 0 Å². The maximum atomic E-state index is 12.2. The molecule has 19 heavy (non-hydrogen) atoms. The van der Waals surface area contributed by atoms with Crippen LogP contribution in [0.1, 0.15) is 26.2 Å². The standard InChI is InChI=1S/C14H25N3O2/c1-14(10-15-11-14)19-9-13(18)17-7-4-12(8-17)16-5-2-3-6-16/h12,15H,2-11H2,1H3. The average molecular weight is 267 g/mol. The zero-order valence-corrected chi connectivity index (χ0v) is 11.9. The molecule has 0 aliphatic carbocycles. The average Bonchev–Trinajstić information content (AvgIpc) is 3.02. The summed E-state index contributed by atoms with van der Waals surface area (Å²) in [6, 6.07) is 0.590. The minimum absolute atomic E-state index is 0.121. The first-order valence-corrected chi connectivity index (χ1v) is 7.53. The van der Waals surface area contributed by atoms with Crippen molar-refractivity contribution in [2.24, 2.45) is 0 Å². The SMILES string of the molecule is CC1(OCC(=O)N2CCC(N3CCCC3)C2)CNC1. The van der Waals surface area contributed by atoms with Crippen molar-refractivity contribution in [3.63, 3.8) is 0 Å². The number of amides is 1. The highest BCUT2D eigenvalue weighted by atomic mass is 16.5. The number of nitrogens with one attached hydrogen (secondary N) is 1. The molecule has 0 aromatic rings. The second kappa shape index (κ2) is 5.38. The van der Waals surface area contributed by atoms with Crippen LogP contribution in [-0.4, -0.2) is 73.2 Å². The van der Waals surface area contributed by atoms with E-state index in [-0.39, 0.29) is 18.1 Å². The normalized spacial score (nSPS) is 30.6. The van der Waals surface area contributed by atoms with E-state index in [1.54, 1.807) is 0 Å². The Morgan fingerprint density at radius 2 is 2.05 bits per heavy atom. The smallest absolute Gasteiger partial charge is 0.248 e. The van der Waals surface area contributed by atoms with E-state index in [1.807, 2.05) is 4.90 Å². The van der Waals surface area contributed by atoms with Crippen LogP contribution in [0.4, 0.5) is 0 Å². The Hall–Kier alpha value is -0.650. The minimum atomic E-state index is -0.121. The zero-order valence-electron chi connectivity index (χ0n) is 11.9. The molecule has 3 aliphatic heterocycles. The van der Waals surface area contributed by atoms with Crippen LogP contribution in [0, 0.1) is 0 Å². The Bertz CT molecular complexity index is 338. The molecule has 5 heteroatoms. The second-order valence-electron chi connectivity index (χ2n) is 6.37. The number of hydrogen-bond donors (Lipinski definition) is 1. The molecule has 3 aliphatic rings. The number of likely N-dealkylation sites (tertiary alicyclic amines) is 2. The van der Waals surface area contributed by atoms with Crippen LogP contribution in [-0.2, 0) is 9.53 Å². The lowest BCUT2D eigenvalue weighted by molar-refractivity contribution is -0.145. The van der Waals surface area contributed by atoms with Gasteiger partial charge >= 0.3 is 0 Å². The number of rotatable bonds is 4. The molecule has 0 spiro atoms. The van der Waals surface area contributed by atoms with Crippen molar-refractivity contribution in [3.05, 3.63) is 0 Å². The summed E-state index contributed by atoms with van der Waals surface area (Å²) in [4.78, 5) is 16.7. The summed E-state index contributed by atoms with van der Waals surface area (Å²) in [5.74, 6) is 0.162. The number of hydrogen-bond acceptors (Lipinski definition) is 4. The fourth-order valence-electron chi connectivity index (χ4n) is 3.28. The molecule has 0 radical (unpaired) electrons. The molecule has 5 nitrogen and oxygen atoms in total. The molecule has 0 aromatic heterocycles. The predicted octanol–water partition coefficient (Wildman–Crippen LogP) is 0.0616. The van der Waals surface area contributed by atoms with E-state index in [4.69, 9.17) is 4.74 Å². The Morgan fingerprint density at radius 1 is 1.32 bits per heavy atom. The van der Waals surface area contributed by atoms with Gasteiger partial charge in [-0.25, -0.2) is 0 Å². The van der Waals surface area contributed by atoms with Crippen LogP contribution in [0.5, 0.6) is 0 Å². The Kier molecular flexibility index (Phi) is 3.78. The van der Waals surface area contributed by atoms with Crippen LogP contribution in [0.3, 0.4) is 0 Å². The third kappa shape index (κ3) is 2.93. The minimum Gasteiger partial charge on any atom is -0.363 e. The number of nitrogens with zero attached hydrogens (tertiary/aromatic N) is 2. The fourth-order valence-corrected chi connectivity index (χ4v) is 3.28.